The Bertz CT molecular complexity index is 458. The minimum Gasteiger partial charge on any atom is -0.321 e. The summed E-state index contributed by atoms with van der Waals surface area (Å²) in [6.07, 6.45) is 3.29. The summed E-state index contributed by atoms with van der Waals surface area (Å²) < 4.78 is 22.1. The van der Waals surface area contributed by atoms with Crippen molar-refractivity contribution in [1.82, 2.24) is 0 Å². The average molecular weight is 225 g/mol. The molecule has 2 N–H and O–H groups in total. The number of nitrogens with two attached hydrogens (primary N) is 1. The normalized spacial score (nSPS) is 18.8. The molecular weight excluding hydrogens is 210 g/mol. The molecule has 0 bridgehead atoms. The van der Waals surface area contributed by atoms with E-state index in [2.05, 4.69) is 0 Å². The fourth-order valence-corrected chi connectivity index (χ4v) is 2.46. The first-order valence-corrected chi connectivity index (χ1v) is 7.01. The van der Waals surface area contributed by atoms with Gasteiger partial charge in [-0.15, -0.1) is 0 Å². The summed E-state index contributed by atoms with van der Waals surface area (Å²) in [5.41, 5.74) is 7.83. The maximum Gasteiger partial charge on any atom is 0.151 e. The van der Waals surface area contributed by atoms with Crippen molar-refractivity contribution in [2.75, 3.05) is 6.26 Å². The second-order valence-corrected chi connectivity index (χ2v) is 6.56. The summed E-state index contributed by atoms with van der Waals surface area (Å²) in [7, 11) is -2.94. The summed E-state index contributed by atoms with van der Waals surface area (Å²) in [6.45, 7) is 0. The largest absolute Gasteiger partial charge is 0.321 e. The van der Waals surface area contributed by atoms with Crippen molar-refractivity contribution in [1.29, 1.82) is 0 Å². The van der Waals surface area contributed by atoms with Crippen LogP contribution >= 0.6 is 0 Å². The Labute approximate surface area is 90.2 Å². The van der Waals surface area contributed by atoms with E-state index in [1.807, 2.05) is 24.3 Å². The van der Waals surface area contributed by atoms with Gasteiger partial charge in [0, 0.05) is 11.8 Å². The summed E-state index contributed by atoms with van der Waals surface area (Å²) in [4.78, 5) is 0. The van der Waals surface area contributed by atoms with Crippen molar-refractivity contribution in [3.8, 4) is 0 Å². The second kappa shape index (κ2) is 3.32. The summed E-state index contributed by atoms with van der Waals surface area (Å²) >= 11 is 0. The third-order valence-corrected chi connectivity index (χ3v) is 3.60. The zero-order chi connectivity index (χ0) is 11.1. The SMILES string of the molecule is CS(=O)(=O)Cc1ccc(C2(N)CC2)cc1. The van der Waals surface area contributed by atoms with Gasteiger partial charge in [-0.3, -0.25) is 0 Å². The van der Waals surface area contributed by atoms with Gasteiger partial charge >= 0.3 is 0 Å². The molecule has 1 saturated carbocycles. The number of benzene rings is 1. The van der Waals surface area contributed by atoms with Gasteiger partial charge < -0.3 is 5.73 Å². The van der Waals surface area contributed by atoms with Gasteiger partial charge in [-0.25, -0.2) is 8.42 Å². The first-order valence-electron chi connectivity index (χ1n) is 4.95. The van der Waals surface area contributed by atoms with Crippen LogP contribution in [0.5, 0.6) is 0 Å². The predicted molar refractivity (Wildman–Crippen MR) is 60.1 cm³/mol. The van der Waals surface area contributed by atoms with E-state index in [-0.39, 0.29) is 11.3 Å². The van der Waals surface area contributed by atoms with Gasteiger partial charge in [0.15, 0.2) is 9.84 Å². The van der Waals surface area contributed by atoms with Crippen LogP contribution in [0.1, 0.15) is 24.0 Å². The van der Waals surface area contributed by atoms with Crippen LogP contribution in [0.3, 0.4) is 0 Å². The van der Waals surface area contributed by atoms with Crippen molar-refractivity contribution in [3.63, 3.8) is 0 Å². The molecule has 0 aromatic heterocycles. The van der Waals surface area contributed by atoms with Crippen molar-refractivity contribution >= 4 is 9.84 Å². The summed E-state index contributed by atoms with van der Waals surface area (Å²) in [5, 5.41) is 0. The lowest BCUT2D eigenvalue weighted by Crippen LogP contribution is -2.18. The molecule has 15 heavy (non-hydrogen) atoms. The Morgan fingerprint density at radius 3 is 2.20 bits per heavy atom. The lowest BCUT2D eigenvalue weighted by atomic mass is 10.0. The van der Waals surface area contributed by atoms with E-state index in [1.54, 1.807) is 0 Å². The van der Waals surface area contributed by atoms with Crippen molar-refractivity contribution in [2.45, 2.75) is 24.1 Å². The Morgan fingerprint density at radius 1 is 1.27 bits per heavy atom. The molecule has 0 spiro atoms. The second-order valence-electron chi connectivity index (χ2n) is 4.42. The minimum atomic E-state index is -2.94. The number of hydrogen-bond acceptors (Lipinski definition) is 3. The standard InChI is InChI=1S/C11H15NO2S/c1-15(13,14)8-9-2-4-10(5-3-9)11(12)6-7-11/h2-5H,6-8,12H2,1H3. The molecule has 1 fully saturated rings. The maximum absolute atomic E-state index is 11.1. The third-order valence-electron chi connectivity index (χ3n) is 2.75. The summed E-state index contributed by atoms with van der Waals surface area (Å²) in [6, 6.07) is 7.58. The van der Waals surface area contributed by atoms with Gasteiger partial charge in [-0.1, -0.05) is 24.3 Å². The third kappa shape index (κ3) is 2.58. The van der Waals surface area contributed by atoms with Crippen LogP contribution in [0.4, 0.5) is 0 Å². The predicted octanol–water partition coefficient (Wildman–Crippen LogP) is 1.18. The molecule has 1 aromatic carbocycles. The topological polar surface area (TPSA) is 60.2 Å². The van der Waals surface area contributed by atoms with Crippen LogP contribution < -0.4 is 5.73 Å². The van der Waals surface area contributed by atoms with E-state index in [9.17, 15) is 8.42 Å². The van der Waals surface area contributed by atoms with Crippen LogP contribution in [0.25, 0.3) is 0 Å². The van der Waals surface area contributed by atoms with E-state index in [0.717, 1.165) is 24.0 Å². The van der Waals surface area contributed by atoms with E-state index in [1.165, 1.54) is 6.26 Å². The first-order chi connectivity index (χ1) is 6.89. The molecule has 0 atom stereocenters. The molecule has 0 heterocycles. The van der Waals surface area contributed by atoms with Gasteiger partial charge in [0.25, 0.3) is 0 Å². The van der Waals surface area contributed by atoms with Crippen LogP contribution in [0.2, 0.25) is 0 Å². The average Bonchev–Trinajstić information content (AvgIpc) is 2.83. The molecule has 1 aliphatic rings. The zero-order valence-corrected chi connectivity index (χ0v) is 9.55. The minimum absolute atomic E-state index is 0.102. The van der Waals surface area contributed by atoms with Gasteiger partial charge in [-0.2, -0.15) is 0 Å². The van der Waals surface area contributed by atoms with Gasteiger partial charge in [0.1, 0.15) is 0 Å². The molecule has 4 heteroatoms. The van der Waals surface area contributed by atoms with Gasteiger partial charge in [0.2, 0.25) is 0 Å². The van der Waals surface area contributed by atoms with Crippen LogP contribution in [0.15, 0.2) is 24.3 Å². The molecule has 0 amide bonds. The highest BCUT2D eigenvalue weighted by molar-refractivity contribution is 7.89. The number of rotatable bonds is 3. The quantitative estimate of drug-likeness (QED) is 0.840. The van der Waals surface area contributed by atoms with E-state index < -0.39 is 9.84 Å². The molecule has 0 saturated heterocycles. The lowest BCUT2D eigenvalue weighted by molar-refractivity contribution is 0.601. The molecule has 0 radical (unpaired) electrons. The highest BCUT2D eigenvalue weighted by atomic mass is 32.2. The maximum atomic E-state index is 11.1. The first kappa shape index (κ1) is 10.6. The Hall–Kier alpha value is -0.870. The molecule has 1 aliphatic carbocycles. The Balaban J connectivity index is 2.18. The smallest absolute Gasteiger partial charge is 0.151 e. The van der Waals surface area contributed by atoms with Gasteiger partial charge in [0.05, 0.1) is 5.75 Å². The van der Waals surface area contributed by atoms with Crippen molar-refractivity contribution < 1.29 is 8.42 Å². The fraction of sp³-hybridized carbons (Fsp3) is 0.455. The molecule has 0 aliphatic heterocycles. The van der Waals surface area contributed by atoms with E-state index in [4.69, 9.17) is 5.73 Å². The molecule has 2 rings (SSSR count). The molecule has 1 aromatic rings. The van der Waals surface area contributed by atoms with Crippen LogP contribution in [-0.4, -0.2) is 14.7 Å². The Kier molecular flexibility index (Phi) is 2.35. The van der Waals surface area contributed by atoms with Crippen LogP contribution in [-0.2, 0) is 21.1 Å². The van der Waals surface area contributed by atoms with Crippen molar-refractivity contribution in [2.24, 2.45) is 5.73 Å². The Morgan fingerprint density at radius 2 is 1.80 bits per heavy atom. The van der Waals surface area contributed by atoms with Gasteiger partial charge in [-0.05, 0) is 24.0 Å². The van der Waals surface area contributed by atoms with E-state index >= 15 is 0 Å². The number of hydrogen-bond donors (Lipinski definition) is 1. The fourth-order valence-electron chi connectivity index (χ4n) is 1.66. The molecule has 3 nitrogen and oxygen atoms in total. The lowest BCUT2D eigenvalue weighted by Gasteiger charge is -2.09. The number of sulfone groups is 1. The zero-order valence-electron chi connectivity index (χ0n) is 8.73. The monoisotopic (exact) mass is 225 g/mol. The molecular formula is C11H15NO2S. The highest BCUT2D eigenvalue weighted by Crippen LogP contribution is 2.42. The van der Waals surface area contributed by atoms with E-state index in [0.29, 0.717) is 0 Å². The van der Waals surface area contributed by atoms with Crippen LogP contribution in [0, 0.1) is 0 Å². The molecule has 82 valence electrons. The highest BCUT2D eigenvalue weighted by Gasteiger charge is 2.39. The summed E-state index contributed by atoms with van der Waals surface area (Å²) in [5.74, 6) is 0.102. The van der Waals surface area contributed by atoms with Crippen molar-refractivity contribution in [3.05, 3.63) is 35.4 Å². The molecule has 0 unspecified atom stereocenters.